The Labute approximate surface area is 134 Å². The predicted octanol–water partition coefficient (Wildman–Crippen LogP) is 2.11. The number of halogens is 1. The zero-order valence-corrected chi connectivity index (χ0v) is 13.0. The lowest BCUT2D eigenvalue weighted by molar-refractivity contribution is -0.386. The molecule has 0 spiro atoms. The van der Waals surface area contributed by atoms with Crippen molar-refractivity contribution < 1.29 is 14.1 Å². The number of nitrogens with zero attached hydrogens (tertiary/aromatic N) is 2. The zero-order valence-electron chi connectivity index (χ0n) is 13.0. The molecule has 0 aliphatic carbocycles. The first kappa shape index (κ1) is 16.3. The average molecular weight is 323 g/mol. The first-order chi connectivity index (χ1) is 11.2. The minimum Gasteiger partial charge on any atom is -0.381 e. The van der Waals surface area contributed by atoms with E-state index < -0.39 is 10.7 Å². The second-order valence-corrected chi connectivity index (χ2v) is 6.14. The summed E-state index contributed by atoms with van der Waals surface area (Å²) in [5.74, 6) is -0.167. The summed E-state index contributed by atoms with van der Waals surface area (Å²) in [6, 6.07) is 3.68. The fourth-order valence-electron chi connectivity index (χ4n) is 3.67. The molecular weight excluding hydrogens is 301 g/mol. The maximum Gasteiger partial charge on any atom is 0.274 e. The molecule has 0 amide bonds. The number of hydrogen-bond acceptors (Lipinski definition) is 5. The lowest BCUT2D eigenvalue weighted by Crippen LogP contribution is -2.47. The normalized spacial score (nSPS) is 22.0. The molecule has 1 aromatic rings. The van der Waals surface area contributed by atoms with Gasteiger partial charge in [-0.3, -0.25) is 15.0 Å². The second-order valence-electron chi connectivity index (χ2n) is 6.14. The summed E-state index contributed by atoms with van der Waals surface area (Å²) in [7, 11) is 0. The largest absolute Gasteiger partial charge is 0.381 e. The van der Waals surface area contributed by atoms with Gasteiger partial charge in [-0.1, -0.05) is 0 Å². The quantitative estimate of drug-likeness (QED) is 0.679. The molecule has 3 rings (SSSR count). The monoisotopic (exact) mass is 323 g/mol. The molecule has 6 nitrogen and oxygen atoms in total. The van der Waals surface area contributed by atoms with Crippen molar-refractivity contribution in [3.8, 4) is 0 Å². The third-order valence-corrected chi connectivity index (χ3v) is 4.76. The molecule has 2 heterocycles. The van der Waals surface area contributed by atoms with Gasteiger partial charge < -0.3 is 10.1 Å². The van der Waals surface area contributed by atoms with Gasteiger partial charge in [0.15, 0.2) is 0 Å². The number of rotatable bonds is 4. The Morgan fingerprint density at radius 1 is 1.30 bits per heavy atom. The van der Waals surface area contributed by atoms with Gasteiger partial charge in [0.05, 0.1) is 10.5 Å². The molecule has 0 bridgehead atoms. The van der Waals surface area contributed by atoms with Gasteiger partial charge in [0.2, 0.25) is 0 Å². The fraction of sp³-hybridized carbons (Fsp3) is 0.625. The highest BCUT2D eigenvalue weighted by molar-refractivity contribution is 5.43. The van der Waals surface area contributed by atoms with Gasteiger partial charge in [0, 0.05) is 51.5 Å². The molecule has 0 unspecified atom stereocenters. The molecule has 0 aromatic heterocycles. The predicted molar refractivity (Wildman–Crippen MR) is 83.8 cm³/mol. The highest BCUT2D eigenvalue weighted by atomic mass is 19.1. The van der Waals surface area contributed by atoms with Crippen LogP contribution in [0.15, 0.2) is 18.2 Å². The smallest absolute Gasteiger partial charge is 0.274 e. The topological polar surface area (TPSA) is 67.6 Å². The molecule has 23 heavy (non-hydrogen) atoms. The first-order valence-electron chi connectivity index (χ1n) is 8.13. The number of nitrogens with one attached hydrogen (secondary N) is 1. The summed E-state index contributed by atoms with van der Waals surface area (Å²) in [6.45, 7) is 4.66. The van der Waals surface area contributed by atoms with E-state index >= 15 is 0 Å². The summed E-state index contributed by atoms with van der Waals surface area (Å²) in [4.78, 5) is 13.3. The van der Waals surface area contributed by atoms with Crippen molar-refractivity contribution >= 4 is 5.69 Å². The molecular formula is C16H22FN3O3. The van der Waals surface area contributed by atoms with E-state index in [0.29, 0.717) is 18.8 Å². The van der Waals surface area contributed by atoms with E-state index in [4.69, 9.17) is 4.74 Å². The van der Waals surface area contributed by atoms with Crippen molar-refractivity contribution in [1.82, 2.24) is 10.2 Å². The number of ether oxygens (including phenoxy) is 1. The van der Waals surface area contributed by atoms with Crippen LogP contribution in [0.1, 0.15) is 24.4 Å². The Morgan fingerprint density at radius 2 is 2.00 bits per heavy atom. The van der Waals surface area contributed by atoms with Crippen LogP contribution in [0.3, 0.4) is 0 Å². The molecule has 126 valence electrons. The maximum atomic E-state index is 13.8. The first-order valence-corrected chi connectivity index (χ1v) is 8.13. The van der Waals surface area contributed by atoms with E-state index in [2.05, 4.69) is 10.2 Å². The summed E-state index contributed by atoms with van der Waals surface area (Å²) in [5.41, 5.74) is 0.519. The molecule has 0 radical (unpaired) electrons. The number of nitro groups is 1. The van der Waals surface area contributed by atoms with Gasteiger partial charge in [0.1, 0.15) is 5.82 Å². The van der Waals surface area contributed by atoms with Crippen LogP contribution in [0.4, 0.5) is 10.1 Å². The third kappa shape index (κ3) is 3.68. The van der Waals surface area contributed by atoms with Gasteiger partial charge in [-0.25, -0.2) is 4.39 Å². The standard InChI is InChI=1S/C16H22FN3O3/c17-13-1-2-15(20(21)22)14(11-13)16(12-3-9-23-10-4-12)19-7-5-18-6-8-19/h1-2,11-12,16,18H,3-10H2/t16-/m1/s1. The van der Waals surface area contributed by atoms with Crippen molar-refractivity contribution in [1.29, 1.82) is 0 Å². The highest BCUT2D eigenvalue weighted by Crippen LogP contribution is 2.39. The van der Waals surface area contributed by atoms with E-state index in [0.717, 1.165) is 39.0 Å². The van der Waals surface area contributed by atoms with E-state index in [1.807, 2.05) is 0 Å². The molecule has 0 saturated carbocycles. The highest BCUT2D eigenvalue weighted by Gasteiger charge is 2.35. The SMILES string of the molecule is O=[N+]([O-])c1ccc(F)cc1[C@@H](C1CCOCC1)N1CCNCC1. The van der Waals surface area contributed by atoms with Crippen LogP contribution in [-0.4, -0.2) is 49.2 Å². The Morgan fingerprint density at radius 3 is 2.65 bits per heavy atom. The minimum atomic E-state index is -0.419. The van der Waals surface area contributed by atoms with Gasteiger partial charge >= 0.3 is 0 Å². The molecule has 2 fully saturated rings. The summed E-state index contributed by atoms with van der Waals surface area (Å²) < 4.78 is 19.3. The number of hydrogen-bond donors (Lipinski definition) is 1. The van der Waals surface area contributed by atoms with E-state index in [1.165, 1.54) is 18.2 Å². The van der Waals surface area contributed by atoms with E-state index in [-0.39, 0.29) is 17.6 Å². The molecule has 1 aromatic carbocycles. The van der Waals surface area contributed by atoms with Crippen LogP contribution < -0.4 is 5.32 Å². The zero-order chi connectivity index (χ0) is 16.2. The van der Waals surface area contributed by atoms with Gasteiger partial charge in [-0.2, -0.15) is 0 Å². The molecule has 2 aliphatic rings. The lowest BCUT2D eigenvalue weighted by atomic mass is 9.84. The minimum absolute atomic E-state index is 0.0152. The Bertz CT molecular complexity index is 540. The summed E-state index contributed by atoms with van der Waals surface area (Å²) in [6.07, 6.45) is 1.70. The molecule has 1 atom stereocenters. The third-order valence-electron chi connectivity index (χ3n) is 4.76. The average Bonchev–Trinajstić information content (AvgIpc) is 2.57. The van der Waals surface area contributed by atoms with Gasteiger partial charge in [-0.05, 0) is 30.9 Å². The summed E-state index contributed by atoms with van der Waals surface area (Å²) >= 11 is 0. The van der Waals surface area contributed by atoms with Crippen LogP contribution in [0.2, 0.25) is 0 Å². The molecule has 2 aliphatic heterocycles. The number of piperazine rings is 1. The number of benzene rings is 1. The van der Waals surface area contributed by atoms with Crippen LogP contribution in [0, 0.1) is 21.8 Å². The fourth-order valence-corrected chi connectivity index (χ4v) is 3.67. The molecule has 7 heteroatoms. The van der Waals surface area contributed by atoms with Crippen LogP contribution >= 0.6 is 0 Å². The summed E-state index contributed by atoms with van der Waals surface area (Å²) in [5, 5.41) is 14.7. The van der Waals surface area contributed by atoms with Crippen molar-refractivity contribution in [3.63, 3.8) is 0 Å². The van der Waals surface area contributed by atoms with Crippen molar-refractivity contribution in [3.05, 3.63) is 39.7 Å². The van der Waals surface area contributed by atoms with Crippen LogP contribution in [0.25, 0.3) is 0 Å². The molecule has 1 N–H and O–H groups in total. The van der Waals surface area contributed by atoms with Crippen LogP contribution in [0.5, 0.6) is 0 Å². The second kappa shape index (κ2) is 7.33. The van der Waals surface area contributed by atoms with Crippen LogP contribution in [-0.2, 0) is 4.74 Å². The lowest BCUT2D eigenvalue weighted by Gasteiger charge is -2.40. The Balaban J connectivity index is 1.99. The van der Waals surface area contributed by atoms with Crippen molar-refractivity contribution in [2.45, 2.75) is 18.9 Å². The van der Waals surface area contributed by atoms with Crippen molar-refractivity contribution in [2.75, 3.05) is 39.4 Å². The number of nitro benzene ring substituents is 1. The Kier molecular flexibility index (Phi) is 5.20. The maximum absolute atomic E-state index is 13.8. The molecule has 2 saturated heterocycles. The Hall–Kier alpha value is -1.57. The van der Waals surface area contributed by atoms with E-state index in [9.17, 15) is 14.5 Å². The van der Waals surface area contributed by atoms with E-state index in [1.54, 1.807) is 0 Å². The van der Waals surface area contributed by atoms with Gasteiger partial charge in [-0.15, -0.1) is 0 Å². The van der Waals surface area contributed by atoms with Gasteiger partial charge in [0.25, 0.3) is 5.69 Å². The van der Waals surface area contributed by atoms with Crippen molar-refractivity contribution in [2.24, 2.45) is 5.92 Å².